The molecule has 0 aliphatic carbocycles. The van der Waals surface area contributed by atoms with E-state index in [9.17, 15) is 9.59 Å². The van der Waals surface area contributed by atoms with Gasteiger partial charge in [0, 0.05) is 28.4 Å². The molecule has 1 aromatic carbocycles. The number of aromatic nitrogens is 1. The molecule has 0 bridgehead atoms. The summed E-state index contributed by atoms with van der Waals surface area (Å²) < 4.78 is 6.83. The lowest BCUT2D eigenvalue weighted by Crippen LogP contribution is -2.10. The van der Waals surface area contributed by atoms with E-state index in [1.165, 1.54) is 18.2 Å². The molecule has 0 aliphatic rings. The summed E-state index contributed by atoms with van der Waals surface area (Å²) in [5.74, 6) is -0.503. The van der Waals surface area contributed by atoms with E-state index in [4.69, 9.17) is 4.84 Å². The van der Waals surface area contributed by atoms with E-state index in [0.717, 1.165) is 29.9 Å². The number of hydrogen-bond acceptors (Lipinski definition) is 6. The van der Waals surface area contributed by atoms with Gasteiger partial charge in [0.1, 0.15) is 0 Å². The number of aryl methyl sites for hydroxylation is 2. The summed E-state index contributed by atoms with van der Waals surface area (Å²) in [6.45, 7) is 4.67. The van der Waals surface area contributed by atoms with Crippen LogP contribution in [0.2, 0.25) is 0 Å². The van der Waals surface area contributed by atoms with E-state index in [1.54, 1.807) is 35.6 Å². The SMILES string of the molecule is COC(=O)c1ccc(/C=N/OCC(=O)c2cc(C)n(CCc3cccs3)c2C)cc1. The van der Waals surface area contributed by atoms with Crippen LogP contribution in [0.15, 0.2) is 53.0 Å². The Morgan fingerprint density at radius 2 is 1.93 bits per heavy atom. The summed E-state index contributed by atoms with van der Waals surface area (Å²) in [6, 6.07) is 12.8. The average Bonchev–Trinajstić information content (AvgIpc) is 3.37. The zero-order chi connectivity index (χ0) is 21.5. The molecule has 0 spiro atoms. The fraction of sp³-hybridized carbons (Fsp3) is 0.261. The maximum Gasteiger partial charge on any atom is 0.337 e. The molecule has 0 aliphatic heterocycles. The van der Waals surface area contributed by atoms with Gasteiger partial charge in [-0.15, -0.1) is 11.3 Å². The Bertz CT molecular complexity index is 1030. The van der Waals surface area contributed by atoms with Crippen LogP contribution in [0.5, 0.6) is 0 Å². The predicted molar refractivity (Wildman–Crippen MR) is 118 cm³/mol. The van der Waals surface area contributed by atoms with Gasteiger partial charge in [-0.05, 0) is 55.5 Å². The second-order valence-electron chi connectivity index (χ2n) is 6.81. The molecule has 0 saturated carbocycles. The molecule has 156 valence electrons. The average molecular weight is 425 g/mol. The first-order valence-corrected chi connectivity index (χ1v) is 10.4. The first-order valence-electron chi connectivity index (χ1n) is 9.55. The lowest BCUT2D eigenvalue weighted by molar-refractivity contribution is 0.0600. The molecule has 2 heterocycles. The second-order valence-corrected chi connectivity index (χ2v) is 7.84. The van der Waals surface area contributed by atoms with Gasteiger partial charge in [0.25, 0.3) is 0 Å². The predicted octanol–water partition coefficient (Wildman–Crippen LogP) is 4.43. The number of carbonyl (C=O) groups is 2. The quantitative estimate of drug-likeness (QED) is 0.221. The zero-order valence-electron chi connectivity index (χ0n) is 17.3. The van der Waals surface area contributed by atoms with Crippen molar-refractivity contribution in [2.75, 3.05) is 13.7 Å². The van der Waals surface area contributed by atoms with Crippen molar-refractivity contribution in [3.63, 3.8) is 0 Å². The standard InChI is InChI=1S/C23H24N2O4S/c1-16-13-21(17(2)25(16)11-10-20-5-4-12-30-20)22(26)15-29-24-14-18-6-8-19(9-7-18)23(27)28-3/h4-9,12-14H,10-11,15H2,1-3H3/b24-14+. The Morgan fingerprint density at radius 1 is 1.17 bits per heavy atom. The number of carbonyl (C=O) groups excluding carboxylic acids is 2. The van der Waals surface area contributed by atoms with E-state index >= 15 is 0 Å². The molecule has 0 amide bonds. The van der Waals surface area contributed by atoms with Crippen molar-refractivity contribution in [1.82, 2.24) is 4.57 Å². The van der Waals surface area contributed by atoms with Crippen molar-refractivity contribution in [3.8, 4) is 0 Å². The summed E-state index contributed by atoms with van der Waals surface area (Å²) in [5.41, 5.74) is 3.87. The van der Waals surface area contributed by atoms with Crippen LogP contribution in [0.1, 0.15) is 42.5 Å². The van der Waals surface area contributed by atoms with E-state index in [1.807, 2.05) is 19.9 Å². The Labute approximate surface area is 179 Å². The molecule has 0 radical (unpaired) electrons. The summed E-state index contributed by atoms with van der Waals surface area (Å²) >= 11 is 1.74. The van der Waals surface area contributed by atoms with Crippen molar-refractivity contribution >= 4 is 29.3 Å². The number of ketones is 1. The van der Waals surface area contributed by atoms with Gasteiger partial charge in [0.05, 0.1) is 18.9 Å². The van der Waals surface area contributed by atoms with Gasteiger partial charge in [-0.25, -0.2) is 4.79 Å². The molecule has 0 atom stereocenters. The number of Topliss-reactive ketones (excluding diaryl/α,β-unsaturated/α-hetero) is 1. The molecule has 0 fully saturated rings. The Morgan fingerprint density at radius 3 is 2.60 bits per heavy atom. The minimum Gasteiger partial charge on any atom is -0.465 e. The summed E-state index contributed by atoms with van der Waals surface area (Å²) in [4.78, 5) is 30.5. The van der Waals surface area contributed by atoms with Gasteiger partial charge < -0.3 is 14.1 Å². The summed E-state index contributed by atoms with van der Waals surface area (Å²) in [7, 11) is 1.34. The van der Waals surface area contributed by atoms with Crippen molar-refractivity contribution in [2.24, 2.45) is 5.16 Å². The molecule has 3 rings (SSSR count). The number of rotatable bonds is 9. The maximum atomic E-state index is 12.6. The van der Waals surface area contributed by atoms with Crippen LogP contribution in [0.3, 0.4) is 0 Å². The van der Waals surface area contributed by atoms with E-state index < -0.39 is 5.97 Å². The molecule has 0 unspecified atom stereocenters. The van der Waals surface area contributed by atoms with Gasteiger partial charge in [0.2, 0.25) is 5.78 Å². The third-order valence-electron chi connectivity index (χ3n) is 4.84. The number of ether oxygens (including phenoxy) is 1. The first kappa shape index (κ1) is 21.5. The molecule has 6 nitrogen and oxygen atoms in total. The molecule has 0 saturated heterocycles. The fourth-order valence-corrected chi connectivity index (χ4v) is 3.90. The van der Waals surface area contributed by atoms with E-state index in [-0.39, 0.29) is 12.4 Å². The number of thiophene rings is 1. The highest BCUT2D eigenvalue weighted by atomic mass is 32.1. The van der Waals surface area contributed by atoms with Crippen LogP contribution >= 0.6 is 11.3 Å². The van der Waals surface area contributed by atoms with Gasteiger partial charge in [-0.1, -0.05) is 23.4 Å². The molecular formula is C23H24N2O4S. The van der Waals surface area contributed by atoms with Gasteiger partial charge >= 0.3 is 5.97 Å². The third kappa shape index (κ3) is 5.24. The fourth-order valence-electron chi connectivity index (χ4n) is 3.20. The molecule has 7 heteroatoms. The number of nitrogens with zero attached hydrogens (tertiary/aromatic N) is 2. The molecular weight excluding hydrogens is 400 g/mol. The van der Waals surface area contributed by atoms with Crippen LogP contribution in [-0.2, 0) is 22.5 Å². The largest absolute Gasteiger partial charge is 0.465 e. The maximum absolute atomic E-state index is 12.6. The monoisotopic (exact) mass is 424 g/mol. The van der Waals surface area contributed by atoms with Crippen LogP contribution < -0.4 is 0 Å². The lowest BCUT2D eigenvalue weighted by Gasteiger charge is -2.09. The van der Waals surface area contributed by atoms with Crippen LogP contribution in [0.25, 0.3) is 0 Å². The van der Waals surface area contributed by atoms with Gasteiger partial charge in [0.15, 0.2) is 6.61 Å². The highest BCUT2D eigenvalue weighted by molar-refractivity contribution is 7.09. The number of hydrogen-bond donors (Lipinski definition) is 0. The summed E-state index contributed by atoms with van der Waals surface area (Å²) in [5, 5.41) is 5.94. The molecule has 0 N–H and O–H groups in total. The van der Waals surface area contributed by atoms with Crippen molar-refractivity contribution < 1.29 is 19.2 Å². The molecule has 3 aromatic rings. The normalized spacial score (nSPS) is 11.0. The zero-order valence-corrected chi connectivity index (χ0v) is 18.1. The van der Waals surface area contributed by atoms with Crippen molar-refractivity contribution in [2.45, 2.75) is 26.8 Å². The van der Waals surface area contributed by atoms with Crippen LogP contribution in [-0.4, -0.2) is 36.3 Å². The molecule has 30 heavy (non-hydrogen) atoms. The number of methoxy groups -OCH3 is 1. The minimum absolute atomic E-state index is 0.108. The van der Waals surface area contributed by atoms with Crippen molar-refractivity contribution in [3.05, 3.63) is 80.8 Å². The number of benzene rings is 1. The van der Waals surface area contributed by atoms with Crippen molar-refractivity contribution in [1.29, 1.82) is 0 Å². The highest BCUT2D eigenvalue weighted by Crippen LogP contribution is 2.18. The topological polar surface area (TPSA) is 69.9 Å². The number of oxime groups is 1. The Balaban J connectivity index is 1.55. The van der Waals surface area contributed by atoms with Gasteiger partial charge in [-0.3, -0.25) is 4.79 Å². The summed E-state index contributed by atoms with van der Waals surface area (Å²) in [6.07, 6.45) is 2.44. The van der Waals surface area contributed by atoms with Gasteiger partial charge in [-0.2, -0.15) is 0 Å². The minimum atomic E-state index is -0.395. The Kier molecular flexibility index (Phi) is 7.19. The highest BCUT2D eigenvalue weighted by Gasteiger charge is 2.16. The third-order valence-corrected chi connectivity index (χ3v) is 5.78. The molecule has 2 aromatic heterocycles. The van der Waals surface area contributed by atoms with Crippen LogP contribution in [0, 0.1) is 13.8 Å². The van der Waals surface area contributed by atoms with E-state index in [0.29, 0.717) is 11.1 Å². The number of esters is 1. The smallest absolute Gasteiger partial charge is 0.337 e. The second kappa shape index (κ2) is 10.0. The Hall–Kier alpha value is -3.19. The first-order chi connectivity index (χ1) is 14.5. The lowest BCUT2D eigenvalue weighted by atomic mass is 10.1. The van der Waals surface area contributed by atoms with E-state index in [2.05, 4.69) is 32.0 Å². The van der Waals surface area contributed by atoms with Crippen LogP contribution in [0.4, 0.5) is 0 Å².